The molecule has 5 nitrogen and oxygen atoms in total. The largest absolute Gasteiger partial charge is 0.534 e. The minimum atomic E-state index is -5.89. The Balaban J connectivity index is 1.70. The smallest absolute Gasteiger partial charge is 0.372 e. The van der Waals surface area contributed by atoms with E-state index in [0.717, 1.165) is 25.7 Å². The van der Waals surface area contributed by atoms with Gasteiger partial charge in [-0.3, -0.25) is 9.59 Å². The van der Waals surface area contributed by atoms with E-state index in [1.807, 2.05) is 6.92 Å². The Morgan fingerprint density at radius 1 is 1.03 bits per heavy atom. The zero-order chi connectivity index (χ0) is 23.0. The number of carbonyl (C=O) groups is 2. The van der Waals surface area contributed by atoms with Crippen LogP contribution in [0.5, 0.6) is 0 Å². The number of rotatable bonds is 3. The van der Waals surface area contributed by atoms with Crippen LogP contribution >= 0.6 is 0 Å². The van der Waals surface area contributed by atoms with Crippen LogP contribution in [-0.4, -0.2) is 25.5 Å². The first-order chi connectivity index (χ1) is 14.2. The first kappa shape index (κ1) is 22.8. The van der Waals surface area contributed by atoms with Gasteiger partial charge in [-0.05, 0) is 86.0 Å². The van der Waals surface area contributed by atoms with Gasteiger partial charge >= 0.3 is 15.6 Å². The molecule has 0 unspecified atom stereocenters. The van der Waals surface area contributed by atoms with Crippen LogP contribution in [0.4, 0.5) is 13.2 Å². The quantitative estimate of drug-likeness (QED) is 0.440. The monoisotopic (exact) mass is 462 g/mol. The fraction of sp³-hybridized carbons (Fsp3) is 0.818. The molecule has 4 aliphatic rings. The molecule has 4 rings (SSSR count). The van der Waals surface area contributed by atoms with E-state index in [2.05, 4.69) is 11.1 Å². The lowest BCUT2D eigenvalue weighted by molar-refractivity contribution is -0.129. The molecule has 0 aliphatic heterocycles. The van der Waals surface area contributed by atoms with Crippen LogP contribution in [0, 0.1) is 34.5 Å². The highest BCUT2D eigenvalue weighted by Crippen LogP contribution is 2.67. The lowest BCUT2D eigenvalue weighted by Crippen LogP contribution is -2.51. The Hall–Kier alpha value is -1.38. The Bertz CT molecular complexity index is 953. The topological polar surface area (TPSA) is 77.5 Å². The normalized spacial score (nSPS) is 40.8. The highest BCUT2D eigenvalue weighted by atomic mass is 32.2. The van der Waals surface area contributed by atoms with Gasteiger partial charge in [0.25, 0.3) is 0 Å². The van der Waals surface area contributed by atoms with Crippen molar-refractivity contribution in [3.05, 3.63) is 11.3 Å². The summed E-state index contributed by atoms with van der Waals surface area (Å²) in [4.78, 5) is 24.7. The van der Waals surface area contributed by atoms with Gasteiger partial charge in [0.15, 0.2) is 11.5 Å². The van der Waals surface area contributed by atoms with E-state index >= 15 is 0 Å². The van der Waals surface area contributed by atoms with Crippen molar-refractivity contribution < 1.29 is 35.4 Å². The van der Waals surface area contributed by atoms with E-state index in [9.17, 15) is 31.2 Å². The van der Waals surface area contributed by atoms with Crippen LogP contribution < -0.4 is 0 Å². The molecule has 31 heavy (non-hydrogen) atoms. The highest BCUT2D eigenvalue weighted by Gasteiger charge is 2.61. The molecule has 0 saturated heterocycles. The third kappa shape index (κ3) is 3.28. The predicted molar refractivity (Wildman–Crippen MR) is 106 cm³/mol. The second-order valence-electron chi connectivity index (χ2n) is 10.3. The Morgan fingerprint density at radius 3 is 2.32 bits per heavy atom. The molecule has 6 atom stereocenters. The molecule has 0 heterocycles. The summed E-state index contributed by atoms with van der Waals surface area (Å²) in [5, 5.41) is 0. The van der Waals surface area contributed by atoms with Crippen molar-refractivity contribution in [3.8, 4) is 0 Å². The number of alkyl halides is 3. The van der Waals surface area contributed by atoms with Crippen molar-refractivity contribution in [1.29, 1.82) is 0 Å². The maximum Gasteiger partial charge on any atom is 0.534 e. The van der Waals surface area contributed by atoms with E-state index in [4.69, 9.17) is 0 Å². The molecule has 0 aromatic carbocycles. The van der Waals surface area contributed by atoms with E-state index < -0.39 is 32.6 Å². The fourth-order valence-electron chi connectivity index (χ4n) is 7.59. The summed E-state index contributed by atoms with van der Waals surface area (Å²) in [5.41, 5.74) is -5.77. The molecular weight excluding hydrogens is 433 g/mol. The van der Waals surface area contributed by atoms with Gasteiger partial charge < -0.3 is 4.18 Å². The molecule has 3 fully saturated rings. The Labute approximate surface area is 180 Å². The molecule has 9 heteroatoms. The molecule has 0 bridgehead atoms. The van der Waals surface area contributed by atoms with Crippen LogP contribution in [0.3, 0.4) is 0 Å². The van der Waals surface area contributed by atoms with Crippen LogP contribution in [0.1, 0.15) is 72.1 Å². The van der Waals surface area contributed by atoms with Crippen molar-refractivity contribution in [2.24, 2.45) is 34.5 Å². The van der Waals surface area contributed by atoms with E-state index in [-0.39, 0.29) is 29.5 Å². The first-order valence-electron chi connectivity index (χ1n) is 11.0. The molecule has 174 valence electrons. The van der Waals surface area contributed by atoms with E-state index in [1.54, 1.807) is 6.92 Å². The summed E-state index contributed by atoms with van der Waals surface area (Å²) in [7, 11) is -5.89. The van der Waals surface area contributed by atoms with Gasteiger partial charge in [0.1, 0.15) is 5.78 Å². The number of ketones is 2. The van der Waals surface area contributed by atoms with Crippen LogP contribution in [-0.2, 0) is 23.9 Å². The van der Waals surface area contributed by atoms with Gasteiger partial charge in [-0.15, -0.1) is 0 Å². The third-order valence-electron chi connectivity index (χ3n) is 9.04. The Morgan fingerprint density at radius 2 is 1.71 bits per heavy atom. The summed E-state index contributed by atoms with van der Waals surface area (Å²) < 4.78 is 66.5. The molecule has 0 aromatic heterocycles. The van der Waals surface area contributed by atoms with E-state index in [1.165, 1.54) is 0 Å². The summed E-state index contributed by atoms with van der Waals surface area (Å²) in [6.07, 6.45) is 4.99. The Kier molecular flexibility index (Phi) is 5.19. The van der Waals surface area contributed by atoms with Gasteiger partial charge in [0.05, 0.1) is 0 Å². The molecule has 0 radical (unpaired) electrons. The minimum absolute atomic E-state index is 0.0239. The maximum absolute atomic E-state index is 12.9. The first-order valence-corrected chi connectivity index (χ1v) is 12.4. The van der Waals surface area contributed by atoms with E-state index in [0.29, 0.717) is 36.7 Å². The minimum Gasteiger partial charge on any atom is -0.372 e. The van der Waals surface area contributed by atoms with Crippen molar-refractivity contribution in [2.45, 2.75) is 77.6 Å². The summed E-state index contributed by atoms with van der Waals surface area (Å²) in [6.45, 7) is 5.82. The lowest BCUT2D eigenvalue weighted by atomic mass is 9.46. The standard InChI is InChI=1S/C22H29F3O5S/c1-12(26)14-6-7-15-13-4-5-17-19(30-31(28,29)22(23,24)25)18(27)9-11-21(17,3)16(13)8-10-20(14,15)2/h13-16H,4-11H2,1-3H3/t13-,14+,15-,16-,20+,21+/m0/s1. The molecular formula is C22H29F3O5S. The zero-order valence-electron chi connectivity index (χ0n) is 18.0. The van der Waals surface area contributed by atoms with Crippen LogP contribution in [0.25, 0.3) is 0 Å². The average Bonchev–Trinajstić information content (AvgIpc) is 3.01. The number of hydrogen-bond acceptors (Lipinski definition) is 5. The predicted octanol–water partition coefficient (Wildman–Crippen LogP) is 4.92. The highest BCUT2D eigenvalue weighted by molar-refractivity contribution is 7.87. The second-order valence-corrected chi connectivity index (χ2v) is 11.9. The van der Waals surface area contributed by atoms with Crippen LogP contribution in [0.2, 0.25) is 0 Å². The third-order valence-corrected chi connectivity index (χ3v) is 9.99. The molecule has 3 saturated carbocycles. The van der Waals surface area contributed by atoms with Crippen molar-refractivity contribution in [2.75, 3.05) is 0 Å². The molecule has 4 aliphatic carbocycles. The summed E-state index contributed by atoms with van der Waals surface area (Å²) in [5.74, 6) is -0.192. The molecule has 0 spiro atoms. The van der Waals surface area contributed by atoms with Gasteiger partial charge in [-0.2, -0.15) is 21.6 Å². The van der Waals surface area contributed by atoms with Crippen molar-refractivity contribution >= 4 is 21.7 Å². The van der Waals surface area contributed by atoms with Gasteiger partial charge in [-0.1, -0.05) is 13.8 Å². The second kappa shape index (κ2) is 7.06. The average molecular weight is 463 g/mol. The summed E-state index contributed by atoms with van der Waals surface area (Å²) in [6, 6.07) is 0. The number of allylic oxidation sites excluding steroid dienone is 1. The van der Waals surface area contributed by atoms with Gasteiger partial charge in [0, 0.05) is 12.3 Å². The van der Waals surface area contributed by atoms with Gasteiger partial charge in [0.2, 0.25) is 0 Å². The fourth-order valence-corrected chi connectivity index (χ4v) is 8.09. The molecule has 0 amide bonds. The molecule has 0 aromatic rings. The number of halogens is 3. The number of fused-ring (bicyclic) bond motifs is 5. The zero-order valence-corrected chi connectivity index (χ0v) is 18.9. The number of hydrogen-bond donors (Lipinski definition) is 0. The maximum atomic E-state index is 12.9. The van der Waals surface area contributed by atoms with Crippen molar-refractivity contribution in [1.82, 2.24) is 0 Å². The number of carbonyl (C=O) groups excluding carboxylic acids is 2. The van der Waals surface area contributed by atoms with Crippen molar-refractivity contribution in [3.63, 3.8) is 0 Å². The van der Waals surface area contributed by atoms with Crippen LogP contribution in [0.15, 0.2) is 11.3 Å². The van der Waals surface area contributed by atoms with Gasteiger partial charge in [-0.25, -0.2) is 0 Å². The molecule has 0 N–H and O–H groups in total. The lowest BCUT2D eigenvalue weighted by Gasteiger charge is -2.58. The summed E-state index contributed by atoms with van der Waals surface area (Å²) >= 11 is 0. The number of Topliss-reactive ketones (excluding diaryl/α,β-unsaturated/α-hetero) is 2. The SMILES string of the molecule is CC(=O)[C@H]1CC[C@H]2[C@@H]3CCC4=C(OS(=O)(=O)C(F)(F)F)C(=O)CC[C@]4(C)[C@H]3CC[C@]12C.